The summed E-state index contributed by atoms with van der Waals surface area (Å²) in [4.78, 5) is 50.4. The van der Waals surface area contributed by atoms with Crippen molar-refractivity contribution in [2.45, 2.75) is 104 Å². The van der Waals surface area contributed by atoms with Gasteiger partial charge in [-0.1, -0.05) is 26.2 Å². The van der Waals surface area contributed by atoms with E-state index in [1.165, 1.54) is 6.42 Å². The summed E-state index contributed by atoms with van der Waals surface area (Å²) in [5.41, 5.74) is -2.05. The van der Waals surface area contributed by atoms with E-state index in [0.29, 0.717) is 12.8 Å². The van der Waals surface area contributed by atoms with Gasteiger partial charge in [0.15, 0.2) is 18.3 Å². The Hall–Kier alpha value is -2.16. The van der Waals surface area contributed by atoms with Crippen LogP contribution in [0.1, 0.15) is 79.1 Å². The fourth-order valence-electron chi connectivity index (χ4n) is 5.84. The van der Waals surface area contributed by atoms with E-state index in [1.807, 2.05) is 6.92 Å². The van der Waals surface area contributed by atoms with Gasteiger partial charge in [-0.3, -0.25) is 14.4 Å². The van der Waals surface area contributed by atoms with Gasteiger partial charge in [0.05, 0.1) is 11.5 Å². The summed E-state index contributed by atoms with van der Waals surface area (Å²) in [5, 5.41) is 0. The molecule has 4 fully saturated rings. The second-order valence-corrected chi connectivity index (χ2v) is 10.8. The molecule has 9 nitrogen and oxygen atoms in total. The molecule has 4 rings (SSSR count). The summed E-state index contributed by atoms with van der Waals surface area (Å²) < 4.78 is 27.7. The number of rotatable bonds is 9. The first-order valence-electron chi connectivity index (χ1n) is 12.5. The highest BCUT2D eigenvalue weighted by Crippen LogP contribution is 2.63. The summed E-state index contributed by atoms with van der Waals surface area (Å²) >= 11 is 0. The Morgan fingerprint density at radius 1 is 1.18 bits per heavy atom. The number of esters is 4. The lowest BCUT2D eigenvalue weighted by molar-refractivity contribution is -0.200. The summed E-state index contributed by atoms with van der Waals surface area (Å²) in [6.45, 7) is 6.53. The zero-order valence-corrected chi connectivity index (χ0v) is 20.5. The van der Waals surface area contributed by atoms with Gasteiger partial charge in [0.1, 0.15) is 12.2 Å². The van der Waals surface area contributed by atoms with Gasteiger partial charge in [0.2, 0.25) is 0 Å². The fourth-order valence-corrected chi connectivity index (χ4v) is 5.84. The van der Waals surface area contributed by atoms with E-state index < -0.39 is 65.7 Å². The van der Waals surface area contributed by atoms with Gasteiger partial charge in [-0.2, -0.15) is 0 Å². The smallest absolute Gasteiger partial charge is 0.344 e. The Morgan fingerprint density at radius 3 is 2.56 bits per heavy atom. The van der Waals surface area contributed by atoms with Crippen molar-refractivity contribution in [3.05, 3.63) is 0 Å². The molecule has 9 heteroatoms. The molecule has 1 heterocycles. The molecule has 1 saturated heterocycles. The van der Waals surface area contributed by atoms with Crippen LogP contribution in [-0.4, -0.2) is 55.1 Å². The zero-order chi connectivity index (χ0) is 24.7. The standard InChI is InChI=1S/C25H36O9/c1-5-24(3,4)21(27)30-13-18(26)33-19-15-11-17-20(19)34-23(29)25(17,12-15)22(28)32-14(2)31-16-9-7-6-8-10-16/h14-17,19-20H,5-13H2,1-4H3. The van der Waals surface area contributed by atoms with E-state index in [1.54, 1.807) is 20.8 Å². The van der Waals surface area contributed by atoms with Crippen LogP contribution >= 0.6 is 0 Å². The lowest BCUT2D eigenvalue weighted by Gasteiger charge is -2.32. The molecule has 0 spiro atoms. The summed E-state index contributed by atoms with van der Waals surface area (Å²) in [5.74, 6) is -3.00. The van der Waals surface area contributed by atoms with Crippen LogP contribution in [0.15, 0.2) is 0 Å². The molecular weight excluding hydrogens is 444 g/mol. The van der Waals surface area contributed by atoms with Crippen LogP contribution in [0.4, 0.5) is 0 Å². The van der Waals surface area contributed by atoms with E-state index in [0.717, 1.165) is 25.7 Å². The van der Waals surface area contributed by atoms with Crippen LogP contribution < -0.4 is 0 Å². The Morgan fingerprint density at radius 2 is 1.88 bits per heavy atom. The minimum Gasteiger partial charge on any atom is -0.457 e. The number of carbonyl (C=O) groups excluding carboxylic acids is 4. The second-order valence-electron chi connectivity index (χ2n) is 10.8. The maximum atomic E-state index is 13.1. The topological polar surface area (TPSA) is 114 Å². The van der Waals surface area contributed by atoms with Gasteiger partial charge in [0.25, 0.3) is 0 Å². The van der Waals surface area contributed by atoms with Crippen molar-refractivity contribution in [3.8, 4) is 0 Å². The number of hydrogen-bond acceptors (Lipinski definition) is 9. The molecule has 0 aromatic heterocycles. The van der Waals surface area contributed by atoms with E-state index in [2.05, 4.69) is 0 Å². The largest absolute Gasteiger partial charge is 0.457 e. The lowest BCUT2D eigenvalue weighted by Crippen LogP contribution is -2.46. The molecule has 0 aromatic carbocycles. The Balaban J connectivity index is 1.32. The molecule has 1 aliphatic heterocycles. The van der Waals surface area contributed by atoms with Crippen molar-refractivity contribution >= 4 is 23.9 Å². The first kappa shape index (κ1) is 24.9. The molecule has 0 radical (unpaired) electrons. The highest BCUT2D eigenvalue weighted by atomic mass is 16.7. The minimum atomic E-state index is -1.36. The molecule has 0 N–H and O–H groups in total. The third kappa shape index (κ3) is 4.43. The van der Waals surface area contributed by atoms with Crippen molar-refractivity contribution in [1.82, 2.24) is 0 Å². The van der Waals surface area contributed by atoms with Crippen LogP contribution in [0.2, 0.25) is 0 Å². The molecule has 6 unspecified atom stereocenters. The van der Waals surface area contributed by atoms with Crippen molar-refractivity contribution in [3.63, 3.8) is 0 Å². The van der Waals surface area contributed by atoms with E-state index in [-0.39, 0.29) is 18.4 Å². The van der Waals surface area contributed by atoms with Crippen LogP contribution in [0, 0.1) is 22.7 Å². The first-order chi connectivity index (χ1) is 16.1. The summed E-state index contributed by atoms with van der Waals surface area (Å²) in [7, 11) is 0. The zero-order valence-electron chi connectivity index (χ0n) is 20.5. The van der Waals surface area contributed by atoms with E-state index in [4.69, 9.17) is 23.7 Å². The molecule has 0 aromatic rings. The van der Waals surface area contributed by atoms with Gasteiger partial charge in [-0.15, -0.1) is 0 Å². The Kier molecular flexibility index (Phi) is 6.95. The Labute approximate surface area is 200 Å². The summed E-state index contributed by atoms with van der Waals surface area (Å²) in [6.07, 6.45) is 4.58. The molecule has 3 saturated carbocycles. The quantitative estimate of drug-likeness (QED) is 0.212. The predicted octanol–water partition coefficient (Wildman–Crippen LogP) is 3.07. The molecule has 2 bridgehead atoms. The number of fused-ring (bicyclic) bond motifs is 1. The molecule has 0 amide bonds. The van der Waals surface area contributed by atoms with Crippen molar-refractivity contribution in [1.29, 1.82) is 0 Å². The predicted molar refractivity (Wildman–Crippen MR) is 117 cm³/mol. The molecule has 34 heavy (non-hydrogen) atoms. The van der Waals surface area contributed by atoms with E-state index >= 15 is 0 Å². The fraction of sp³-hybridized carbons (Fsp3) is 0.840. The number of ether oxygens (including phenoxy) is 5. The second kappa shape index (κ2) is 9.47. The van der Waals surface area contributed by atoms with Crippen LogP contribution in [0.5, 0.6) is 0 Å². The lowest BCUT2D eigenvalue weighted by atomic mass is 9.73. The van der Waals surface area contributed by atoms with E-state index in [9.17, 15) is 19.2 Å². The SMILES string of the molecule is CCC(C)(C)C(=O)OCC(=O)OC1C2CC3C1OC(=O)C3(C(=O)OC(C)OC1CCCCC1)C2. The molecule has 3 aliphatic carbocycles. The van der Waals surface area contributed by atoms with Crippen LogP contribution in [0.25, 0.3) is 0 Å². The van der Waals surface area contributed by atoms with Crippen LogP contribution in [0.3, 0.4) is 0 Å². The summed E-state index contributed by atoms with van der Waals surface area (Å²) in [6, 6.07) is 0. The molecule has 4 aliphatic rings. The molecule has 6 atom stereocenters. The third-order valence-electron chi connectivity index (χ3n) is 8.16. The third-order valence-corrected chi connectivity index (χ3v) is 8.16. The van der Waals surface area contributed by atoms with Gasteiger partial charge in [-0.05, 0) is 52.9 Å². The number of hydrogen-bond donors (Lipinski definition) is 0. The average molecular weight is 481 g/mol. The monoisotopic (exact) mass is 480 g/mol. The van der Waals surface area contributed by atoms with Crippen molar-refractivity contribution in [2.75, 3.05) is 6.61 Å². The van der Waals surface area contributed by atoms with Gasteiger partial charge >= 0.3 is 23.9 Å². The maximum Gasteiger partial charge on any atom is 0.344 e. The highest BCUT2D eigenvalue weighted by molar-refractivity contribution is 6.03. The molecule has 190 valence electrons. The Bertz CT molecular complexity index is 830. The maximum absolute atomic E-state index is 13.1. The van der Waals surface area contributed by atoms with Gasteiger partial charge < -0.3 is 23.7 Å². The van der Waals surface area contributed by atoms with Gasteiger partial charge in [-0.25, -0.2) is 4.79 Å². The average Bonchev–Trinajstić information content (AvgIpc) is 3.40. The van der Waals surface area contributed by atoms with Crippen LogP contribution in [-0.2, 0) is 42.9 Å². The molecular formula is C25H36O9. The normalized spacial score (nSPS) is 33.4. The highest BCUT2D eigenvalue weighted by Gasteiger charge is 2.75. The first-order valence-corrected chi connectivity index (χ1v) is 12.5. The number of carbonyl (C=O) groups is 4. The van der Waals surface area contributed by atoms with Crippen molar-refractivity contribution in [2.24, 2.45) is 22.7 Å². The van der Waals surface area contributed by atoms with Crippen molar-refractivity contribution < 1.29 is 42.9 Å². The minimum absolute atomic E-state index is 0.0677. The van der Waals surface area contributed by atoms with Gasteiger partial charge in [0, 0.05) is 11.8 Å².